The number of nitrogens with zero attached hydrogens (tertiary/aromatic N) is 2. The number of halogens is 2. The highest BCUT2D eigenvalue weighted by molar-refractivity contribution is 5.88. The van der Waals surface area contributed by atoms with Crippen LogP contribution in [-0.2, 0) is 6.42 Å². The molecule has 5 heteroatoms. The Morgan fingerprint density at radius 2 is 1.70 bits per heavy atom. The molecule has 3 aromatic rings. The van der Waals surface area contributed by atoms with Crippen LogP contribution in [0.1, 0.15) is 42.1 Å². The van der Waals surface area contributed by atoms with E-state index in [0.717, 1.165) is 52.8 Å². The molecule has 2 aromatic carbocycles. The van der Waals surface area contributed by atoms with Gasteiger partial charge in [-0.2, -0.15) is 5.26 Å². The van der Waals surface area contributed by atoms with Crippen molar-refractivity contribution in [1.82, 2.24) is 4.98 Å². The Bertz CT molecular complexity index is 1140. The van der Waals surface area contributed by atoms with Gasteiger partial charge in [0.15, 0.2) is 0 Å². The lowest BCUT2D eigenvalue weighted by atomic mass is 9.84. The summed E-state index contributed by atoms with van der Waals surface area (Å²) in [5.74, 6) is -0.331. The minimum absolute atomic E-state index is 0.282. The second kappa shape index (κ2) is 8.46. The molecule has 0 spiro atoms. The second-order valence-electron chi connectivity index (χ2n) is 7.12. The molecule has 1 heterocycles. The van der Waals surface area contributed by atoms with Gasteiger partial charge in [-0.3, -0.25) is 0 Å². The van der Waals surface area contributed by atoms with E-state index in [0.29, 0.717) is 12.2 Å². The molecular formula is C25H20F2N2O. The lowest BCUT2D eigenvalue weighted by molar-refractivity contribution is 0.325. The first-order chi connectivity index (χ1) is 14.6. The summed E-state index contributed by atoms with van der Waals surface area (Å²) in [5, 5.41) is 9.88. The van der Waals surface area contributed by atoms with Crippen molar-refractivity contribution >= 4 is 11.6 Å². The van der Waals surface area contributed by atoms with Crippen molar-refractivity contribution in [3.05, 3.63) is 82.5 Å². The molecule has 0 unspecified atom stereocenters. The van der Waals surface area contributed by atoms with Gasteiger partial charge >= 0.3 is 0 Å². The molecule has 0 amide bonds. The van der Waals surface area contributed by atoms with Gasteiger partial charge in [0, 0.05) is 5.56 Å². The third-order valence-corrected chi connectivity index (χ3v) is 5.18. The van der Waals surface area contributed by atoms with Gasteiger partial charge in [-0.15, -0.1) is 0 Å². The predicted octanol–water partition coefficient (Wildman–Crippen LogP) is 6.17. The molecule has 0 aliphatic heterocycles. The van der Waals surface area contributed by atoms with Crippen molar-refractivity contribution in [2.75, 3.05) is 6.61 Å². The molecule has 0 N–H and O–H groups in total. The summed E-state index contributed by atoms with van der Waals surface area (Å²) >= 11 is 0. The number of aromatic nitrogens is 1. The number of pyridine rings is 1. The number of rotatable bonds is 4. The maximum atomic E-state index is 13.5. The van der Waals surface area contributed by atoms with Crippen LogP contribution in [0.15, 0.2) is 48.5 Å². The van der Waals surface area contributed by atoms with Crippen LogP contribution in [0.25, 0.3) is 22.8 Å². The van der Waals surface area contributed by atoms with Gasteiger partial charge in [-0.1, -0.05) is 24.3 Å². The lowest BCUT2D eigenvalue weighted by Crippen LogP contribution is -2.11. The summed E-state index contributed by atoms with van der Waals surface area (Å²) in [6.45, 7) is 2.22. The van der Waals surface area contributed by atoms with Crippen LogP contribution < -0.4 is 4.74 Å². The highest BCUT2D eigenvalue weighted by Crippen LogP contribution is 2.41. The molecule has 0 atom stereocenters. The van der Waals surface area contributed by atoms with E-state index in [1.165, 1.54) is 24.3 Å². The summed E-state index contributed by atoms with van der Waals surface area (Å²) in [6, 6.07) is 14.7. The molecule has 1 aliphatic rings. The number of hydrogen-bond acceptors (Lipinski definition) is 3. The van der Waals surface area contributed by atoms with Gasteiger partial charge < -0.3 is 4.74 Å². The Morgan fingerprint density at radius 1 is 1.03 bits per heavy atom. The Hall–Kier alpha value is -3.52. The molecule has 30 heavy (non-hydrogen) atoms. The molecular weight excluding hydrogens is 382 g/mol. The molecule has 3 nitrogen and oxygen atoms in total. The number of benzene rings is 2. The predicted molar refractivity (Wildman–Crippen MR) is 113 cm³/mol. The van der Waals surface area contributed by atoms with E-state index >= 15 is 0 Å². The summed E-state index contributed by atoms with van der Waals surface area (Å²) in [6.07, 6.45) is 4.48. The molecule has 0 saturated carbocycles. The van der Waals surface area contributed by atoms with Crippen LogP contribution in [0.4, 0.5) is 8.78 Å². The summed E-state index contributed by atoms with van der Waals surface area (Å²) in [5.41, 5.74) is 5.51. The minimum Gasteiger partial charge on any atom is -0.477 e. The molecule has 1 aromatic heterocycles. The van der Waals surface area contributed by atoms with E-state index in [2.05, 4.69) is 6.07 Å². The molecule has 1 aliphatic carbocycles. The van der Waals surface area contributed by atoms with Crippen molar-refractivity contribution in [2.24, 2.45) is 0 Å². The zero-order valence-electron chi connectivity index (χ0n) is 16.6. The molecule has 0 bridgehead atoms. The first kappa shape index (κ1) is 19.8. The van der Waals surface area contributed by atoms with Gasteiger partial charge in [0.1, 0.15) is 23.3 Å². The van der Waals surface area contributed by atoms with E-state index in [1.54, 1.807) is 24.3 Å². The van der Waals surface area contributed by atoms with E-state index < -0.39 is 0 Å². The van der Waals surface area contributed by atoms with Gasteiger partial charge in [0.2, 0.25) is 5.88 Å². The number of hydrogen-bond donors (Lipinski definition) is 0. The standard InChI is InChI=1S/C25H20F2N2O/c1-2-30-25-22(15-28)23(17-8-12-20(27)13-9-17)21-5-3-4-18(24(21)29-25)14-16-6-10-19(26)11-7-16/h6-14H,2-5H2,1H3/b18-14+. The first-order valence-corrected chi connectivity index (χ1v) is 9.93. The first-order valence-electron chi connectivity index (χ1n) is 9.93. The van der Waals surface area contributed by atoms with Crippen LogP contribution in [0.5, 0.6) is 5.88 Å². The van der Waals surface area contributed by atoms with Gasteiger partial charge in [0.25, 0.3) is 0 Å². The average molecular weight is 402 g/mol. The summed E-state index contributed by atoms with van der Waals surface area (Å²) in [7, 11) is 0. The minimum atomic E-state index is -0.331. The Balaban J connectivity index is 1.95. The number of nitriles is 1. The fraction of sp³-hybridized carbons (Fsp3) is 0.200. The average Bonchev–Trinajstić information content (AvgIpc) is 2.76. The normalized spacial score (nSPS) is 14.3. The second-order valence-corrected chi connectivity index (χ2v) is 7.12. The lowest BCUT2D eigenvalue weighted by Gasteiger charge is -2.24. The van der Waals surface area contributed by atoms with Crippen molar-refractivity contribution in [3.63, 3.8) is 0 Å². The summed E-state index contributed by atoms with van der Waals surface area (Å²) in [4.78, 5) is 4.71. The SMILES string of the molecule is CCOc1nc2c(c(-c3ccc(F)cc3)c1C#N)CCC/C2=C\c1ccc(F)cc1. The van der Waals surface area contributed by atoms with Crippen LogP contribution in [0, 0.1) is 23.0 Å². The van der Waals surface area contributed by atoms with E-state index in [1.807, 2.05) is 13.0 Å². The van der Waals surface area contributed by atoms with Gasteiger partial charge in [-0.05, 0) is 78.8 Å². The van der Waals surface area contributed by atoms with Crippen LogP contribution >= 0.6 is 0 Å². The van der Waals surface area contributed by atoms with Crippen LogP contribution in [0.2, 0.25) is 0 Å². The van der Waals surface area contributed by atoms with Gasteiger partial charge in [-0.25, -0.2) is 13.8 Å². The Labute approximate surface area is 174 Å². The maximum absolute atomic E-state index is 13.5. The zero-order chi connectivity index (χ0) is 21.1. The van der Waals surface area contributed by atoms with E-state index in [4.69, 9.17) is 9.72 Å². The van der Waals surface area contributed by atoms with Crippen molar-refractivity contribution in [1.29, 1.82) is 5.26 Å². The molecule has 0 saturated heterocycles. The number of fused-ring (bicyclic) bond motifs is 1. The summed E-state index contributed by atoms with van der Waals surface area (Å²) < 4.78 is 32.5. The molecule has 150 valence electrons. The smallest absolute Gasteiger partial charge is 0.232 e. The van der Waals surface area contributed by atoms with Crippen molar-refractivity contribution < 1.29 is 13.5 Å². The molecule has 4 rings (SSSR count). The third-order valence-electron chi connectivity index (χ3n) is 5.18. The van der Waals surface area contributed by atoms with E-state index in [9.17, 15) is 14.0 Å². The highest BCUT2D eigenvalue weighted by atomic mass is 19.1. The molecule has 0 radical (unpaired) electrons. The highest BCUT2D eigenvalue weighted by Gasteiger charge is 2.26. The largest absolute Gasteiger partial charge is 0.477 e. The Morgan fingerprint density at radius 3 is 2.33 bits per heavy atom. The number of allylic oxidation sites excluding steroid dienone is 1. The van der Waals surface area contributed by atoms with Crippen LogP contribution in [-0.4, -0.2) is 11.6 Å². The van der Waals surface area contributed by atoms with Crippen molar-refractivity contribution in [3.8, 4) is 23.1 Å². The molecule has 0 fully saturated rings. The quantitative estimate of drug-likeness (QED) is 0.524. The van der Waals surface area contributed by atoms with Crippen molar-refractivity contribution in [2.45, 2.75) is 26.2 Å². The fourth-order valence-electron chi connectivity index (χ4n) is 3.86. The monoisotopic (exact) mass is 402 g/mol. The van der Waals surface area contributed by atoms with Gasteiger partial charge in [0.05, 0.1) is 12.3 Å². The topological polar surface area (TPSA) is 45.9 Å². The van der Waals surface area contributed by atoms with E-state index in [-0.39, 0.29) is 17.5 Å². The Kier molecular flexibility index (Phi) is 5.58. The number of ether oxygens (including phenoxy) is 1. The zero-order valence-corrected chi connectivity index (χ0v) is 16.6. The van der Waals surface area contributed by atoms with Crippen LogP contribution in [0.3, 0.4) is 0 Å². The maximum Gasteiger partial charge on any atom is 0.232 e. The fourth-order valence-corrected chi connectivity index (χ4v) is 3.86. The third kappa shape index (κ3) is 3.81.